The molecule has 5 aromatic rings. The van der Waals surface area contributed by atoms with E-state index in [1.807, 2.05) is 54.6 Å². The van der Waals surface area contributed by atoms with Gasteiger partial charge >= 0.3 is 0 Å². The van der Waals surface area contributed by atoms with Crippen LogP contribution in [-0.4, -0.2) is 19.7 Å². The molecule has 2 N–H and O–H groups in total. The highest BCUT2D eigenvalue weighted by atomic mass is 32.1. The Morgan fingerprint density at radius 2 is 1.82 bits per heavy atom. The third-order valence-corrected chi connectivity index (χ3v) is 5.36. The van der Waals surface area contributed by atoms with Crippen molar-refractivity contribution in [2.24, 2.45) is 0 Å². The van der Waals surface area contributed by atoms with E-state index in [0.717, 1.165) is 10.2 Å². The molecule has 0 unspecified atom stereocenters. The van der Waals surface area contributed by atoms with Gasteiger partial charge in [-0.15, -0.1) is 0 Å². The van der Waals surface area contributed by atoms with Gasteiger partial charge in [-0.05, 0) is 24.3 Å². The lowest BCUT2D eigenvalue weighted by Gasteiger charge is -2.05. The molecule has 0 atom stereocenters. The van der Waals surface area contributed by atoms with Gasteiger partial charge in [0.05, 0.1) is 15.9 Å². The molecule has 8 heteroatoms. The van der Waals surface area contributed by atoms with Gasteiger partial charge in [0.15, 0.2) is 5.43 Å². The SMILES string of the molecule is O=c1cc(COc2ccccc2)[nH]c2[nH]n(-c3nc4ccccc4s3)c(=O)c12. The van der Waals surface area contributed by atoms with Crippen molar-refractivity contribution in [3.05, 3.63) is 86.9 Å². The van der Waals surface area contributed by atoms with Gasteiger partial charge in [-0.1, -0.05) is 41.7 Å². The lowest BCUT2D eigenvalue weighted by molar-refractivity contribution is 0.301. The zero-order chi connectivity index (χ0) is 19.1. The van der Waals surface area contributed by atoms with Crippen LogP contribution in [0.25, 0.3) is 26.4 Å². The first-order valence-electron chi connectivity index (χ1n) is 8.60. The molecule has 0 saturated carbocycles. The molecule has 0 radical (unpaired) electrons. The average molecular weight is 390 g/mol. The topological polar surface area (TPSA) is 92.8 Å². The summed E-state index contributed by atoms with van der Waals surface area (Å²) in [6.45, 7) is 0.184. The Balaban J connectivity index is 1.55. The number of hydrogen-bond acceptors (Lipinski definition) is 5. The van der Waals surface area contributed by atoms with Gasteiger partial charge in [0.1, 0.15) is 23.4 Å². The number of benzene rings is 2. The average Bonchev–Trinajstić information content (AvgIpc) is 3.28. The summed E-state index contributed by atoms with van der Waals surface area (Å²) < 4.78 is 7.94. The summed E-state index contributed by atoms with van der Waals surface area (Å²) in [6, 6.07) is 18.3. The maximum atomic E-state index is 12.8. The van der Waals surface area contributed by atoms with E-state index in [4.69, 9.17) is 4.74 Å². The molecule has 7 nitrogen and oxygen atoms in total. The van der Waals surface area contributed by atoms with Crippen LogP contribution in [0.1, 0.15) is 5.69 Å². The van der Waals surface area contributed by atoms with Gasteiger partial charge in [-0.2, -0.15) is 4.68 Å². The predicted molar refractivity (Wildman–Crippen MR) is 108 cm³/mol. The number of aromatic nitrogens is 4. The zero-order valence-corrected chi connectivity index (χ0v) is 15.3. The first-order valence-corrected chi connectivity index (χ1v) is 9.41. The molecule has 0 bridgehead atoms. The summed E-state index contributed by atoms with van der Waals surface area (Å²) in [6.07, 6.45) is 0. The minimum atomic E-state index is -0.425. The number of para-hydroxylation sites is 2. The second-order valence-electron chi connectivity index (χ2n) is 6.23. The lowest BCUT2D eigenvalue weighted by atomic mass is 10.3. The van der Waals surface area contributed by atoms with Crippen molar-refractivity contribution in [3.63, 3.8) is 0 Å². The van der Waals surface area contributed by atoms with Crippen LogP contribution < -0.4 is 15.7 Å². The van der Waals surface area contributed by atoms with E-state index in [-0.39, 0.29) is 17.4 Å². The maximum Gasteiger partial charge on any atom is 0.286 e. The number of nitrogens with one attached hydrogen (secondary N) is 2. The van der Waals surface area contributed by atoms with Crippen LogP contribution in [0.5, 0.6) is 5.75 Å². The summed E-state index contributed by atoms with van der Waals surface area (Å²) in [7, 11) is 0. The molecular formula is C20H14N4O3S. The van der Waals surface area contributed by atoms with Crippen molar-refractivity contribution in [2.75, 3.05) is 0 Å². The Bertz CT molecular complexity index is 1380. The summed E-state index contributed by atoms with van der Waals surface area (Å²) in [5.74, 6) is 0.698. The Kier molecular flexibility index (Phi) is 3.84. The summed E-state index contributed by atoms with van der Waals surface area (Å²) in [4.78, 5) is 32.8. The Morgan fingerprint density at radius 1 is 1.04 bits per heavy atom. The van der Waals surface area contributed by atoms with Crippen LogP contribution in [0.2, 0.25) is 0 Å². The minimum Gasteiger partial charge on any atom is -0.487 e. The molecule has 3 aromatic heterocycles. The number of pyridine rings is 1. The van der Waals surface area contributed by atoms with E-state index in [1.165, 1.54) is 22.1 Å². The van der Waals surface area contributed by atoms with E-state index < -0.39 is 5.56 Å². The third-order valence-electron chi connectivity index (χ3n) is 4.34. The molecule has 28 heavy (non-hydrogen) atoms. The first kappa shape index (κ1) is 16.5. The van der Waals surface area contributed by atoms with Crippen LogP contribution in [-0.2, 0) is 6.61 Å². The van der Waals surface area contributed by atoms with Crippen molar-refractivity contribution in [3.8, 4) is 10.9 Å². The fourth-order valence-electron chi connectivity index (χ4n) is 3.03. The fraction of sp³-hybridized carbons (Fsp3) is 0.0500. The zero-order valence-electron chi connectivity index (χ0n) is 14.5. The third kappa shape index (κ3) is 2.80. The molecular weight excluding hydrogens is 376 g/mol. The summed E-state index contributed by atoms with van der Waals surface area (Å²) in [5, 5.41) is 3.52. The number of nitrogens with zero attached hydrogens (tertiary/aromatic N) is 2. The van der Waals surface area contributed by atoms with Gasteiger partial charge in [-0.25, -0.2) is 4.98 Å². The minimum absolute atomic E-state index is 0.0720. The van der Waals surface area contributed by atoms with Crippen LogP contribution in [0.15, 0.2) is 70.3 Å². The highest BCUT2D eigenvalue weighted by Crippen LogP contribution is 2.23. The highest BCUT2D eigenvalue weighted by Gasteiger charge is 2.16. The Hall–Kier alpha value is -3.65. The molecule has 0 amide bonds. The van der Waals surface area contributed by atoms with Gasteiger partial charge in [-0.3, -0.25) is 14.7 Å². The molecule has 0 aliphatic rings. The number of rotatable bonds is 4. The summed E-state index contributed by atoms with van der Waals surface area (Å²) >= 11 is 1.38. The van der Waals surface area contributed by atoms with Crippen LogP contribution in [0, 0.1) is 0 Å². The van der Waals surface area contributed by atoms with Gasteiger partial charge in [0, 0.05) is 6.07 Å². The van der Waals surface area contributed by atoms with Gasteiger partial charge in [0.25, 0.3) is 5.56 Å². The van der Waals surface area contributed by atoms with Crippen molar-refractivity contribution in [1.82, 2.24) is 19.7 Å². The number of H-pyrrole nitrogens is 2. The van der Waals surface area contributed by atoms with Crippen LogP contribution >= 0.6 is 11.3 Å². The fourth-order valence-corrected chi connectivity index (χ4v) is 3.95. The van der Waals surface area contributed by atoms with Crippen molar-refractivity contribution in [1.29, 1.82) is 0 Å². The molecule has 0 aliphatic heterocycles. The largest absolute Gasteiger partial charge is 0.487 e. The number of aromatic amines is 2. The van der Waals surface area contributed by atoms with Gasteiger partial charge < -0.3 is 9.72 Å². The quantitative estimate of drug-likeness (QED) is 0.493. The van der Waals surface area contributed by atoms with Crippen LogP contribution in [0.3, 0.4) is 0 Å². The number of hydrogen-bond donors (Lipinski definition) is 2. The van der Waals surface area contributed by atoms with E-state index in [2.05, 4.69) is 15.1 Å². The molecule has 0 fully saturated rings. The molecule has 3 heterocycles. The molecule has 0 saturated heterocycles. The second kappa shape index (κ2) is 6.50. The molecule has 5 rings (SSSR count). The Morgan fingerprint density at radius 3 is 2.64 bits per heavy atom. The maximum absolute atomic E-state index is 12.8. The molecule has 0 aliphatic carbocycles. The highest BCUT2D eigenvalue weighted by molar-refractivity contribution is 7.20. The number of thiazole rings is 1. The molecule has 2 aromatic carbocycles. The molecule has 138 valence electrons. The second-order valence-corrected chi connectivity index (χ2v) is 7.24. The normalized spacial score (nSPS) is 11.3. The summed E-state index contributed by atoms with van der Waals surface area (Å²) in [5.41, 5.74) is 0.936. The van der Waals surface area contributed by atoms with Crippen LogP contribution in [0.4, 0.5) is 0 Å². The monoisotopic (exact) mass is 390 g/mol. The van der Waals surface area contributed by atoms with E-state index >= 15 is 0 Å². The molecule has 0 spiro atoms. The van der Waals surface area contributed by atoms with Crippen molar-refractivity contribution >= 4 is 32.6 Å². The van der Waals surface area contributed by atoms with Crippen molar-refractivity contribution in [2.45, 2.75) is 6.61 Å². The van der Waals surface area contributed by atoms with E-state index in [0.29, 0.717) is 22.2 Å². The standard InChI is InChI=1S/C20H14N4O3S/c25-15-10-12(11-27-13-6-2-1-3-7-13)21-18-17(15)19(26)24(23-18)20-22-14-8-4-5-9-16(14)28-20/h1-10H,11H2,(H2,21,23,25). The van der Waals surface area contributed by atoms with Crippen molar-refractivity contribution < 1.29 is 4.74 Å². The number of ether oxygens (including phenoxy) is 1. The van der Waals surface area contributed by atoms with E-state index in [9.17, 15) is 9.59 Å². The number of fused-ring (bicyclic) bond motifs is 2. The predicted octanol–water partition coefficient (Wildman–Crippen LogP) is 3.20. The van der Waals surface area contributed by atoms with Gasteiger partial charge in [0.2, 0.25) is 5.13 Å². The Labute approximate surface area is 161 Å². The lowest BCUT2D eigenvalue weighted by Crippen LogP contribution is -2.18. The van der Waals surface area contributed by atoms with E-state index in [1.54, 1.807) is 0 Å². The first-order chi connectivity index (χ1) is 13.7. The smallest absolute Gasteiger partial charge is 0.286 e.